The summed E-state index contributed by atoms with van der Waals surface area (Å²) in [5, 5.41) is 4.08. The molecule has 1 N–H and O–H groups in total. The third-order valence-corrected chi connectivity index (χ3v) is 3.23. The number of hydrogen-bond acceptors (Lipinski definition) is 3. The molecular weight excluding hydrogens is 194 g/mol. The van der Waals surface area contributed by atoms with E-state index in [0.29, 0.717) is 5.25 Å². The minimum Gasteiger partial charge on any atom is -0.334 e. The molecule has 1 aromatic rings. The summed E-state index contributed by atoms with van der Waals surface area (Å²) in [6, 6.07) is 0. The van der Waals surface area contributed by atoms with Crippen LogP contribution < -0.4 is 5.32 Å². The van der Waals surface area contributed by atoms with Crippen molar-refractivity contribution >= 4 is 11.8 Å². The van der Waals surface area contributed by atoms with Crippen LogP contribution in [0.15, 0.2) is 12.4 Å². The number of nitrogens with one attached hydrogen (secondary N) is 1. The lowest BCUT2D eigenvalue weighted by Crippen LogP contribution is -2.23. The molecule has 0 aromatic carbocycles. The maximum absolute atomic E-state index is 4.30. The number of thioether (sulfide) groups is 1. The molecule has 1 rings (SSSR count). The first-order chi connectivity index (χ1) is 6.77. The molecule has 0 spiro atoms. The molecule has 0 saturated heterocycles. The van der Waals surface area contributed by atoms with Gasteiger partial charge in [0.15, 0.2) is 0 Å². The van der Waals surface area contributed by atoms with E-state index < -0.39 is 0 Å². The highest BCUT2D eigenvalue weighted by molar-refractivity contribution is 7.99. The minimum atomic E-state index is 0.667. The third-order valence-electron chi connectivity index (χ3n) is 2.26. The molecule has 1 heterocycles. The van der Waals surface area contributed by atoms with E-state index in [9.17, 15) is 0 Å². The number of aryl methyl sites for hydroxylation is 1. The zero-order chi connectivity index (χ0) is 10.4. The Morgan fingerprint density at radius 3 is 3.07 bits per heavy atom. The molecule has 0 saturated carbocycles. The molecule has 0 aliphatic carbocycles. The van der Waals surface area contributed by atoms with Gasteiger partial charge < -0.3 is 9.88 Å². The quantitative estimate of drug-likeness (QED) is 0.780. The Hall–Kier alpha value is -0.480. The average Bonchev–Trinajstić information content (AvgIpc) is 2.65. The van der Waals surface area contributed by atoms with E-state index in [4.69, 9.17) is 0 Å². The number of rotatable bonds is 6. The molecule has 4 heteroatoms. The van der Waals surface area contributed by atoms with Crippen LogP contribution in [0.1, 0.15) is 19.7 Å². The van der Waals surface area contributed by atoms with Crippen molar-refractivity contribution in [2.45, 2.75) is 32.2 Å². The van der Waals surface area contributed by atoms with Crippen molar-refractivity contribution in [1.29, 1.82) is 0 Å². The first-order valence-corrected chi connectivity index (χ1v) is 6.30. The highest BCUT2D eigenvalue weighted by Gasteiger charge is 2.02. The monoisotopic (exact) mass is 213 g/mol. The summed E-state index contributed by atoms with van der Waals surface area (Å²) in [5.41, 5.74) is 0. The smallest absolute Gasteiger partial charge is 0.122 e. The lowest BCUT2D eigenvalue weighted by atomic mass is 10.4. The molecule has 0 fully saturated rings. The van der Waals surface area contributed by atoms with Crippen molar-refractivity contribution in [3.05, 3.63) is 18.2 Å². The van der Waals surface area contributed by atoms with Crippen molar-refractivity contribution in [1.82, 2.24) is 14.9 Å². The van der Waals surface area contributed by atoms with Gasteiger partial charge in [-0.2, -0.15) is 11.8 Å². The van der Waals surface area contributed by atoms with Crippen LogP contribution in [0.3, 0.4) is 0 Å². The first kappa shape index (κ1) is 11.6. The van der Waals surface area contributed by atoms with Gasteiger partial charge in [-0.1, -0.05) is 6.92 Å². The average molecular weight is 213 g/mol. The van der Waals surface area contributed by atoms with Crippen molar-refractivity contribution in [2.75, 3.05) is 12.8 Å². The fraction of sp³-hybridized carbons (Fsp3) is 0.700. The normalized spacial score (nSPS) is 13.1. The van der Waals surface area contributed by atoms with Gasteiger partial charge in [0.05, 0.1) is 6.54 Å². The first-order valence-electron chi connectivity index (χ1n) is 5.01. The summed E-state index contributed by atoms with van der Waals surface area (Å²) < 4.78 is 2.16. The Labute approximate surface area is 90.3 Å². The van der Waals surface area contributed by atoms with Crippen molar-refractivity contribution in [2.24, 2.45) is 0 Å². The molecule has 1 unspecified atom stereocenters. The second-order valence-electron chi connectivity index (χ2n) is 3.31. The van der Waals surface area contributed by atoms with Crippen molar-refractivity contribution in [3.8, 4) is 0 Å². The van der Waals surface area contributed by atoms with Crippen molar-refractivity contribution in [3.63, 3.8) is 0 Å². The van der Waals surface area contributed by atoms with E-state index in [0.717, 1.165) is 25.5 Å². The van der Waals surface area contributed by atoms with Crippen LogP contribution in [0, 0.1) is 0 Å². The summed E-state index contributed by atoms with van der Waals surface area (Å²) in [4.78, 5) is 4.30. The van der Waals surface area contributed by atoms with E-state index >= 15 is 0 Å². The van der Waals surface area contributed by atoms with E-state index in [2.05, 4.69) is 35.0 Å². The van der Waals surface area contributed by atoms with Crippen LogP contribution in [0.5, 0.6) is 0 Å². The fourth-order valence-electron chi connectivity index (χ4n) is 1.27. The van der Waals surface area contributed by atoms with Crippen LogP contribution in [0.25, 0.3) is 0 Å². The van der Waals surface area contributed by atoms with Crippen LogP contribution >= 0.6 is 11.8 Å². The van der Waals surface area contributed by atoms with E-state index in [1.807, 2.05) is 24.2 Å². The topological polar surface area (TPSA) is 29.9 Å². The molecule has 0 radical (unpaired) electrons. The Bertz CT molecular complexity index is 260. The molecule has 0 aliphatic heterocycles. The Morgan fingerprint density at radius 1 is 1.64 bits per heavy atom. The number of nitrogens with zero attached hydrogens (tertiary/aromatic N) is 2. The minimum absolute atomic E-state index is 0.667. The Morgan fingerprint density at radius 2 is 2.43 bits per heavy atom. The summed E-state index contributed by atoms with van der Waals surface area (Å²) in [6.45, 7) is 7.26. The largest absolute Gasteiger partial charge is 0.334 e. The number of imidazole rings is 1. The standard InChI is InChI=1S/C10H19N3S/c1-4-13-6-5-12-10(13)8-11-7-9(2)14-3/h5-6,9,11H,4,7-8H2,1-3H3. The van der Waals surface area contributed by atoms with Gasteiger partial charge in [-0.25, -0.2) is 4.98 Å². The highest BCUT2D eigenvalue weighted by atomic mass is 32.2. The van der Waals surface area contributed by atoms with Gasteiger partial charge in [0.1, 0.15) is 5.82 Å². The van der Waals surface area contributed by atoms with E-state index in [-0.39, 0.29) is 0 Å². The zero-order valence-corrected chi connectivity index (χ0v) is 9.97. The van der Waals surface area contributed by atoms with Gasteiger partial charge in [-0.05, 0) is 13.2 Å². The van der Waals surface area contributed by atoms with Gasteiger partial charge in [-0.15, -0.1) is 0 Å². The molecule has 3 nitrogen and oxygen atoms in total. The predicted octanol–water partition coefficient (Wildman–Crippen LogP) is 1.74. The molecule has 0 aliphatic rings. The van der Waals surface area contributed by atoms with Gasteiger partial charge in [0.2, 0.25) is 0 Å². The summed E-state index contributed by atoms with van der Waals surface area (Å²) in [5.74, 6) is 1.13. The SMILES string of the molecule is CCn1ccnc1CNCC(C)SC. The highest BCUT2D eigenvalue weighted by Crippen LogP contribution is 2.03. The molecule has 14 heavy (non-hydrogen) atoms. The zero-order valence-electron chi connectivity index (χ0n) is 9.16. The van der Waals surface area contributed by atoms with Crippen molar-refractivity contribution < 1.29 is 0 Å². The van der Waals surface area contributed by atoms with E-state index in [1.54, 1.807) is 0 Å². The predicted molar refractivity (Wildman–Crippen MR) is 62.6 cm³/mol. The van der Waals surface area contributed by atoms with Gasteiger partial charge in [0, 0.05) is 30.7 Å². The molecule has 0 bridgehead atoms. The Kier molecular flexibility index (Phi) is 5.04. The lowest BCUT2D eigenvalue weighted by molar-refractivity contribution is 0.612. The van der Waals surface area contributed by atoms with Crippen LogP contribution in [-0.2, 0) is 13.1 Å². The molecule has 1 atom stereocenters. The summed E-state index contributed by atoms with van der Waals surface area (Å²) >= 11 is 1.88. The van der Waals surface area contributed by atoms with Crippen LogP contribution in [-0.4, -0.2) is 27.6 Å². The Balaban J connectivity index is 2.31. The fourth-order valence-corrected chi connectivity index (χ4v) is 1.55. The van der Waals surface area contributed by atoms with Crippen LogP contribution in [0.2, 0.25) is 0 Å². The van der Waals surface area contributed by atoms with Gasteiger partial charge in [0.25, 0.3) is 0 Å². The van der Waals surface area contributed by atoms with Crippen LogP contribution in [0.4, 0.5) is 0 Å². The van der Waals surface area contributed by atoms with E-state index in [1.165, 1.54) is 0 Å². The van der Waals surface area contributed by atoms with Gasteiger partial charge >= 0.3 is 0 Å². The molecular formula is C10H19N3S. The third kappa shape index (κ3) is 3.35. The second kappa shape index (κ2) is 6.09. The molecule has 1 aromatic heterocycles. The number of hydrogen-bond donors (Lipinski definition) is 1. The molecule has 80 valence electrons. The lowest BCUT2D eigenvalue weighted by Gasteiger charge is -2.10. The number of aromatic nitrogens is 2. The summed E-state index contributed by atoms with van der Waals surface area (Å²) in [7, 11) is 0. The summed E-state index contributed by atoms with van der Waals surface area (Å²) in [6.07, 6.45) is 6.02. The van der Waals surface area contributed by atoms with Gasteiger partial charge in [-0.3, -0.25) is 0 Å². The maximum Gasteiger partial charge on any atom is 0.122 e. The maximum atomic E-state index is 4.30. The molecule has 0 amide bonds. The second-order valence-corrected chi connectivity index (χ2v) is 4.58.